The molecular formula is C21H30N2O6. The maximum atomic E-state index is 13.2. The molecule has 1 aliphatic rings. The van der Waals surface area contributed by atoms with Crippen molar-refractivity contribution in [2.24, 2.45) is 5.92 Å². The number of likely N-dealkylation sites (tertiary alicyclic amines) is 1. The van der Waals surface area contributed by atoms with Gasteiger partial charge in [-0.15, -0.1) is 0 Å². The minimum atomic E-state index is -1.87. The molecule has 29 heavy (non-hydrogen) atoms. The van der Waals surface area contributed by atoms with Crippen LogP contribution in [0.2, 0.25) is 0 Å². The molecule has 1 aliphatic heterocycles. The molecule has 0 radical (unpaired) electrons. The molecule has 0 aromatic heterocycles. The van der Waals surface area contributed by atoms with Crippen LogP contribution in [-0.2, 0) is 20.7 Å². The number of ether oxygens (including phenoxy) is 2. The van der Waals surface area contributed by atoms with Crippen molar-refractivity contribution in [2.45, 2.75) is 64.8 Å². The molecule has 1 aromatic carbocycles. The van der Waals surface area contributed by atoms with E-state index in [9.17, 15) is 19.5 Å². The average molecular weight is 406 g/mol. The third-order valence-corrected chi connectivity index (χ3v) is 4.61. The van der Waals surface area contributed by atoms with Gasteiger partial charge >= 0.3 is 18.2 Å². The van der Waals surface area contributed by atoms with Gasteiger partial charge in [-0.05, 0) is 53.0 Å². The number of nitrogens with zero attached hydrogens (tertiary/aromatic N) is 1. The lowest BCUT2D eigenvalue weighted by Crippen LogP contribution is -2.68. The zero-order chi connectivity index (χ0) is 21.8. The second-order valence-electron chi connectivity index (χ2n) is 8.46. The van der Waals surface area contributed by atoms with Gasteiger partial charge in [0.2, 0.25) is 5.66 Å². The lowest BCUT2D eigenvalue weighted by Gasteiger charge is -2.40. The molecular weight excluding hydrogens is 376 g/mol. The lowest BCUT2D eigenvalue weighted by molar-refractivity contribution is -0.165. The van der Waals surface area contributed by atoms with Gasteiger partial charge in [-0.1, -0.05) is 30.3 Å². The Hall–Kier alpha value is -2.77. The maximum absolute atomic E-state index is 13.2. The van der Waals surface area contributed by atoms with Gasteiger partial charge < -0.3 is 14.6 Å². The summed E-state index contributed by atoms with van der Waals surface area (Å²) in [5.74, 6) is -1.32. The molecule has 1 aromatic rings. The second-order valence-corrected chi connectivity index (χ2v) is 8.46. The largest absolute Gasteiger partial charge is 0.465 e. The van der Waals surface area contributed by atoms with Crippen molar-refractivity contribution in [3.05, 3.63) is 35.9 Å². The van der Waals surface area contributed by atoms with E-state index in [1.807, 2.05) is 30.3 Å². The zero-order valence-corrected chi connectivity index (χ0v) is 17.6. The zero-order valence-electron chi connectivity index (χ0n) is 17.6. The summed E-state index contributed by atoms with van der Waals surface area (Å²) < 4.78 is 10.9. The molecule has 0 unspecified atom stereocenters. The first-order chi connectivity index (χ1) is 13.5. The predicted molar refractivity (Wildman–Crippen MR) is 106 cm³/mol. The molecule has 0 saturated carbocycles. The van der Waals surface area contributed by atoms with Crippen molar-refractivity contribution in [3.63, 3.8) is 0 Å². The van der Waals surface area contributed by atoms with Crippen LogP contribution in [0, 0.1) is 5.92 Å². The van der Waals surface area contributed by atoms with E-state index in [1.54, 1.807) is 34.6 Å². The predicted octanol–water partition coefficient (Wildman–Crippen LogP) is 3.40. The molecule has 1 fully saturated rings. The first-order valence-electron chi connectivity index (χ1n) is 9.72. The van der Waals surface area contributed by atoms with Crippen LogP contribution < -0.4 is 5.32 Å². The van der Waals surface area contributed by atoms with E-state index in [1.165, 1.54) is 0 Å². The first-order valence-corrected chi connectivity index (χ1v) is 9.72. The van der Waals surface area contributed by atoms with Crippen LogP contribution in [0.15, 0.2) is 30.3 Å². The van der Waals surface area contributed by atoms with E-state index in [4.69, 9.17) is 9.47 Å². The first kappa shape index (κ1) is 22.5. The van der Waals surface area contributed by atoms with Gasteiger partial charge in [-0.25, -0.2) is 14.4 Å². The standard InChI is InChI=1S/C21H30N2O6/c1-14(2)28-17(24)21(22-18(25)26)16(13-15-9-7-6-8-10-15)11-12-23(21)19(27)29-20(3,4)5/h6-10,14,16,22H,11-13H2,1-5H3,(H,25,26)/t16-,21-/m0/s1. The SMILES string of the molecule is CC(C)OC(=O)[C@]1(NC(=O)O)[C@H](Cc2ccccc2)CCN1C(=O)OC(C)(C)C. The summed E-state index contributed by atoms with van der Waals surface area (Å²) >= 11 is 0. The fourth-order valence-electron chi connectivity index (χ4n) is 3.56. The third kappa shape index (κ3) is 5.40. The molecule has 2 N–H and O–H groups in total. The van der Waals surface area contributed by atoms with E-state index in [2.05, 4.69) is 5.32 Å². The van der Waals surface area contributed by atoms with Crippen LogP contribution >= 0.6 is 0 Å². The highest BCUT2D eigenvalue weighted by atomic mass is 16.6. The van der Waals surface area contributed by atoms with Crippen LogP contribution in [0.1, 0.15) is 46.6 Å². The van der Waals surface area contributed by atoms with Crippen molar-refractivity contribution in [3.8, 4) is 0 Å². The molecule has 0 bridgehead atoms. The van der Waals surface area contributed by atoms with Crippen LogP contribution in [0.4, 0.5) is 9.59 Å². The molecule has 2 rings (SSSR count). The van der Waals surface area contributed by atoms with Crippen molar-refractivity contribution in [1.29, 1.82) is 0 Å². The maximum Gasteiger partial charge on any atom is 0.412 e. The summed E-state index contributed by atoms with van der Waals surface area (Å²) in [5.41, 5.74) is -1.74. The van der Waals surface area contributed by atoms with Crippen molar-refractivity contribution in [1.82, 2.24) is 10.2 Å². The Morgan fingerprint density at radius 2 is 1.86 bits per heavy atom. The van der Waals surface area contributed by atoms with Gasteiger partial charge in [0.05, 0.1) is 6.10 Å². The van der Waals surface area contributed by atoms with Crippen molar-refractivity contribution < 1.29 is 29.0 Å². The van der Waals surface area contributed by atoms with E-state index >= 15 is 0 Å². The number of carboxylic acid groups (broad SMARTS) is 1. The summed E-state index contributed by atoms with van der Waals surface area (Å²) in [6.07, 6.45) is -1.84. The van der Waals surface area contributed by atoms with Crippen LogP contribution in [0.25, 0.3) is 0 Å². The summed E-state index contributed by atoms with van der Waals surface area (Å²) in [6.45, 7) is 8.64. The molecule has 160 valence electrons. The number of carbonyl (C=O) groups is 3. The Labute approximate surface area is 171 Å². The second kappa shape index (κ2) is 8.71. The third-order valence-electron chi connectivity index (χ3n) is 4.61. The number of hydrogen-bond acceptors (Lipinski definition) is 5. The topological polar surface area (TPSA) is 105 Å². The number of benzene rings is 1. The normalized spacial score (nSPS) is 21.7. The van der Waals surface area contributed by atoms with E-state index in [0.717, 1.165) is 10.5 Å². The molecule has 1 saturated heterocycles. The number of amides is 2. The van der Waals surface area contributed by atoms with Gasteiger partial charge in [0.15, 0.2) is 0 Å². The Kier molecular flexibility index (Phi) is 6.77. The fraction of sp³-hybridized carbons (Fsp3) is 0.571. The number of esters is 1. The van der Waals surface area contributed by atoms with Gasteiger partial charge in [0.1, 0.15) is 5.60 Å². The Morgan fingerprint density at radius 3 is 2.38 bits per heavy atom. The van der Waals surface area contributed by atoms with Crippen LogP contribution in [0.5, 0.6) is 0 Å². The fourth-order valence-corrected chi connectivity index (χ4v) is 3.56. The van der Waals surface area contributed by atoms with Gasteiger partial charge in [-0.3, -0.25) is 10.2 Å². The highest BCUT2D eigenvalue weighted by molar-refractivity contribution is 5.90. The highest BCUT2D eigenvalue weighted by Crippen LogP contribution is 2.38. The Bertz CT molecular complexity index is 743. The van der Waals surface area contributed by atoms with Gasteiger partial charge in [0, 0.05) is 12.5 Å². The van der Waals surface area contributed by atoms with Crippen LogP contribution in [-0.4, -0.2) is 52.1 Å². The van der Waals surface area contributed by atoms with Gasteiger partial charge in [0.25, 0.3) is 0 Å². The summed E-state index contributed by atoms with van der Waals surface area (Å²) in [7, 11) is 0. The van der Waals surface area contributed by atoms with Crippen molar-refractivity contribution in [2.75, 3.05) is 6.54 Å². The Balaban J connectivity index is 2.49. The molecule has 2 atom stereocenters. The number of nitrogens with one attached hydrogen (secondary N) is 1. The van der Waals surface area contributed by atoms with Crippen LogP contribution in [0.3, 0.4) is 0 Å². The quantitative estimate of drug-likeness (QED) is 0.726. The minimum absolute atomic E-state index is 0.167. The number of rotatable bonds is 5. The molecule has 8 nitrogen and oxygen atoms in total. The highest BCUT2D eigenvalue weighted by Gasteiger charge is 2.60. The van der Waals surface area contributed by atoms with Crippen molar-refractivity contribution >= 4 is 18.2 Å². The summed E-state index contributed by atoms with van der Waals surface area (Å²) in [4.78, 5) is 39.0. The monoisotopic (exact) mass is 406 g/mol. The van der Waals surface area contributed by atoms with E-state index < -0.39 is 41.4 Å². The lowest BCUT2D eigenvalue weighted by atomic mass is 9.87. The average Bonchev–Trinajstić information content (AvgIpc) is 2.92. The summed E-state index contributed by atoms with van der Waals surface area (Å²) in [6, 6.07) is 9.41. The molecule has 2 amide bonds. The smallest absolute Gasteiger partial charge is 0.412 e. The summed E-state index contributed by atoms with van der Waals surface area (Å²) in [5, 5.41) is 11.9. The van der Waals surface area contributed by atoms with Gasteiger partial charge in [-0.2, -0.15) is 0 Å². The molecule has 0 aliphatic carbocycles. The molecule has 0 spiro atoms. The number of carbonyl (C=O) groups excluding carboxylic acids is 2. The Morgan fingerprint density at radius 1 is 1.24 bits per heavy atom. The minimum Gasteiger partial charge on any atom is -0.465 e. The van der Waals surface area contributed by atoms with E-state index in [0.29, 0.717) is 12.8 Å². The van der Waals surface area contributed by atoms with E-state index in [-0.39, 0.29) is 6.54 Å². The molecule has 8 heteroatoms. The molecule has 1 heterocycles. The number of hydrogen-bond donors (Lipinski definition) is 2.